The van der Waals surface area contributed by atoms with Gasteiger partial charge in [0.1, 0.15) is 18.1 Å². The van der Waals surface area contributed by atoms with Crippen LogP contribution in [-0.4, -0.2) is 34.4 Å². The van der Waals surface area contributed by atoms with E-state index >= 15 is 0 Å². The molecule has 0 saturated carbocycles. The van der Waals surface area contributed by atoms with Gasteiger partial charge in [-0.2, -0.15) is 4.68 Å². The highest BCUT2D eigenvalue weighted by molar-refractivity contribution is 5.95. The van der Waals surface area contributed by atoms with Gasteiger partial charge in [-0.1, -0.05) is 0 Å². The molecule has 9 nitrogen and oxygen atoms in total. The highest BCUT2D eigenvalue weighted by atomic mass is 19.1. The number of esters is 1. The molecule has 1 atom stereocenters. The SMILES string of the molecule is CCOc1ccc(NC(=O)[C@H](C)OC(=O)Cn2nc(-c3ccc(F)cc3)oc2=O)cc1. The molecule has 0 aliphatic rings. The maximum atomic E-state index is 13.0. The number of hydrogen-bond donors (Lipinski definition) is 1. The number of benzene rings is 2. The summed E-state index contributed by atoms with van der Waals surface area (Å²) >= 11 is 0. The maximum absolute atomic E-state index is 13.0. The molecule has 0 unspecified atom stereocenters. The van der Waals surface area contributed by atoms with Crippen LogP contribution >= 0.6 is 0 Å². The van der Waals surface area contributed by atoms with Crippen molar-refractivity contribution in [2.75, 3.05) is 11.9 Å². The molecular formula is C21H20FN3O6. The summed E-state index contributed by atoms with van der Waals surface area (Å²) in [7, 11) is 0. The van der Waals surface area contributed by atoms with Crippen LogP contribution in [0, 0.1) is 5.82 Å². The molecule has 3 aromatic rings. The van der Waals surface area contributed by atoms with Crippen LogP contribution in [0.4, 0.5) is 10.1 Å². The molecule has 0 saturated heterocycles. The maximum Gasteiger partial charge on any atom is 0.437 e. The summed E-state index contributed by atoms with van der Waals surface area (Å²) in [5, 5.41) is 6.51. The first-order chi connectivity index (χ1) is 14.9. The fourth-order valence-electron chi connectivity index (χ4n) is 2.57. The van der Waals surface area contributed by atoms with Gasteiger partial charge in [0.05, 0.1) is 6.61 Å². The highest BCUT2D eigenvalue weighted by Gasteiger charge is 2.20. The quantitative estimate of drug-likeness (QED) is 0.548. The number of rotatable bonds is 8. The van der Waals surface area contributed by atoms with E-state index in [9.17, 15) is 18.8 Å². The third-order valence-electron chi connectivity index (χ3n) is 4.09. The molecule has 0 aliphatic heterocycles. The number of carbonyl (C=O) groups is 2. The topological polar surface area (TPSA) is 113 Å². The summed E-state index contributed by atoms with van der Waals surface area (Å²) in [6, 6.07) is 11.9. The van der Waals surface area contributed by atoms with E-state index in [0.717, 1.165) is 4.68 Å². The normalized spacial score (nSPS) is 11.6. The minimum atomic E-state index is -1.11. The Morgan fingerprint density at radius 3 is 2.48 bits per heavy atom. The minimum absolute atomic E-state index is 0.0703. The fourth-order valence-corrected chi connectivity index (χ4v) is 2.57. The van der Waals surface area contributed by atoms with Crippen LogP contribution in [0.5, 0.6) is 5.75 Å². The summed E-state index contributed by atoms with van der Waals surface area (Å²) in [4.78, 5) is 36.3. The van der Waals surface area contributed by atoms with E-state index in [1.807, 2.05) is 6.92 Å². The van der Waals surface area contributed by atoms with Crippen molar-refractivity contribution in [2.24, 2.45) is 0 Å². The predicted octanol–water partition coefficient (Wildman–Crippen LogP) is 2.61. The van der Waals surface area contributed by atoms with Gasteiger partial charge in [-0.25, -0.2) is 9.18 Å². The molecular weight excluding hydrogens is 409 g/mol. The van der Waals surface area contributed by atoms with Crippen molar-refractivity contribution >= 4 is 17.6 Å². The molecule has 1 heterocycles. The van der Waals surface area contributed by atoms with Gasteiger partial charge in [0.15, 0.2) is 6.10 Å². The van der Waals surface area contributed by atoms with E-state index < -0.39 is 36.1 Å². The van der Waals surface area contributed by atoms with Crippen molar-refractivity contribution in [1.82, 2.24) is 9.78 Å². The molecule has 1 amide bonds. The Hall–Kier alpha value is -3.95. The second-order valence-electron chi connectivity index (χ2n) is 6.42. The molecule has 0 radical (unpaired) electrons. The number of anilines is 1. The van der Waals surface area contributed by atoms with Crippen molar-refractivity contribution < 1.29 is 27.9 Å². The fraction of sp³-hybridized carbons (Fsp3) is 0.238. The van der Waals surface area contributed by atoms with E-state index in [2.05, 4.69) is 10.4 Å². The van der Waals surface area contributed by atoms with E-state index in [-0.39, 0.29) is 5.89 Å². The molecule has 0 fully saturated rings. The van der Waals surface area contributed by atoms with E-state index in [1.165, 1.54) is 31.2 Å². The van der Waals surface area contributed by atoms with E-state index in [0.29, 0.717) is 23.6 Å². The Kier molecular flexibility index (Phi) is 6.81. The number of nitrogens with zero attached hydrogens (tertiary/aromatic N) is 2. The van der Waals surface area contributed by atoms with Gasteiger partial charge in [-0.15, -0.1) is 5.10 Å². The summed E-state index contributed by atoms with van der Waals surface area (Å²) in [6.07, 6.45) is -1.11. The first-order valence-corrected chi connectivity index (χ1v) is 9.43. The van der Waals surface area contributed by atoms with Crippen LogP contribution < -0.4 is 15.8 Å². The molecule has 162 valence electrons. The number of nitrogens with one attached hydrogen (secondary N) is 1. The summed E-state index contributed by atoms with van der Waals surface area (Å²) < 4.78 is 29.1. The number of ether oxygens (including phenoxy) is 2. The molecule has 1 N–H and O–H groups in total. The van der Waals surface area contributed by atoms with Crippen molar-refractivity contribution in [3.8, 4) is 17.2 Å². The molecule has 3 rings (SSSR count). The number of halogens is 1. The Morgan fingerprint density at radius 1 is 1.16 bits per heavy atom. The van der Waals surface area contributed by atoms with Crippen molar-refractivity contribution in [3.63, 3.8) is 0 Å². The molecule has 2 aromatic carbocycles. The molecule has 0 aliphatic carbocycles. The monoisotopic (exact) mass is 429 g/mol. The van der Waals surface area contributed by atoms with Gasteiger partial charge in [0.2, 0.25) is 5.89 Å². The summed E-state index contributed by atoms with van der Waals surface area (Å²) in [6.45, 7) is 3.24. The second-order valence-corrected chi connectivity index (χ2v) is 6.42. The van der Waals surface area contributed by atoms with Crippen LogP contribution in [0.15, 0.2) is 57.7 Å². The largest absolute Gasteiger partial charge is 0.494 e. The average molecular weight is 429 g/mol. The van der Waals surface area contributed by atoms with Crippen LogP contribution in [0.3, 0.4) is 0 Å². The molecule has 0 spiro atoms. The lowest BCUT2D eigenvalue weighted by Crippen LogP contribution is -2.32. The first kappa shape index (κ1) is 21.8. The zero-order chi connectivity index (χ0) is 22.4. The molecule has 0 bridgehead atoms. The van der Waals surface area contributed by atoms with Crippen molar-refractivity contribution in [2.45, 2.75) is 26.5 Å². The zero-order valence-corrected chi connectivity index (χ0v) is 16.8. The van der Waals surface area contributed by atoms with E-state index in [4.69, 9.17) is 13.9 Å². The smallest absolute Gasteiger partial charge is 0.437 e. The first-order valence-electron chi connectivity index (χ1n) is 9.43. The number of hydrogen-bond acceptors (Lipinski definition) is 7. The number of aromatic nitrogens is 2. The van der Waals surface area contributed by atoms with Gasteiger partial charge >= 0.3 is 11.7 Å². The molecule has 31 heavy (non-hydrogen) atoms. The summed E-state index contributed by atoms with van der Waals surface area (Å²) in [5.41, 5.74) is 0.877. The Morgan fingerprint density at radius 2 is 1.84 bits per heavy atom. The molecule has 10 heteroatoms. The Bertz CT molecular complexity index is 1110. The van der Waals surface area contributed by atoms with Crippen molar-refractivity contribution in [3.05, 3.63) is 64.9 Å². The highest BCUT2D eigenvalue weighted by Crippen LogP contribution is 2.17. The van der Waals surface area contributed by atoms with Gasteiger partial charge in [-0.05, 0) is 62.4 Å². The third-order valence-corrected chi connectivity index (χ3v) is 4.09. The lowest BCUT2D eigenvalue weighted by molar-refractivity contribution is -0.154. The van der Waals surface area contributed by atoms with Crippen LogP contribution in [0.2, 0.25) is 0 Å². The van der Waals surface area contributed by atoms with E-state index in [1.54, 1.807) is 24.3 Å². The zero-order valence-electron chi connectivity index (χ0n) is 16.8. The lowest BCUT2D eigenvalue weighted by Gasteiger charge is -2.13. The van der Waals surface area contributed by atoms with Gasteiger partial charge in [-0.3, -0.25) is 9.59 Å². The van der Waals surface area contributed by atoms with Gasteiger partial charge < -0.3 is 19.2 Å². The number of carbonyl (C=O) groups excluding carboxylic acids is 2. The van der Waals surface area contributed by atoms with Crippen LogP contribution in [0.1, 0.15) is 13.8 Å². The lowest BCUT2D eigenvalue weighted by atomic mass is 10.2. The third kappa shape index (κ3) is 5.78. The standard InChI is InChI=1S/C21H20FN3O6/c1-3-29-17-10-8-16(9-11-17)23-19(27)13(2)30-18(26)12-25-21(28)31-20(24-25)14-4-6-15(22)7-5-14/h4-11,13H,3,12H2,1-2H3,(H,23,27)/t13-/m0/s1. The van der Waals surface area contributed by atoms with Gasteiger partial charge in [0.25, 0.3) is 5.91 Å². The van der Waals surface area contributed by atoms with Crippen LogP contribution in [0.25, 0.3) is 11.5 Å². The van der Waals surface area contributed by atoms with Crippen LogP contribution in [-0.2, 0) is 20.9 Å². The van der Waals surface area contributed by atoms with Crippen molar-refractivity contribution in [1.29, 1.82) is 0 Å². The van der Waals surface area contributed by atoms with Gasteiger partial charge in [0, 0.05) is 11.3 Å². The average Bonchev–Trinajstić information content (AvgIpc) is 3.10. The Labute approximate surface area is 176 Å². The second kappa shape index (κ2) is 9.70. The summed E-state index contributed by atoms with van der Waals surface area (Å²) in [5.74, 6) is -2.14. The predicted molar refractivity (Wildman–Crippen MR) is 108 cm³/mol. The molecule has 1 aromatic heterocycles. The minimum Gasteiger partial charge on any atom is -0.494 e. The Balaban J connectivity index is 1.56. The number of amides is 1.